The van der Waals surface area contributed by atoms with Crippen molar-refractivity contribution in [1.82, 2.24) is 16.0 Å². The molecule has 1 aromatic rings. The zero-order valence-corrected chi connectivity index (χ0v) is 11.8. The van der Waals surface area contributed by atoms with Gasteiger partial charge >= 0.3 is 6.03 Å². The van der Waals surface area contributed by atoms with E-state index in [0.717, 1.165) is 11.1 Å². The lowest BCUT2D eigenvalue weighted by molar-refractivity contribution is -0.121. The number of hydrogen-bond donors (Lipinski definition) is 4. The molecule has 0 aliphatic heterocycles. The lowest BCUT2D eigenvalue weighted by Crippen LogP contribution is -2.47. The number of rotatable bonds is 6. The number of carbonyl (C=O) groups is 2. The molecular formula is C14H21N3O3. The molecule has 0 saturated heterocycles. The Hall–Kier alpha value is -1.92. The maximum absolute atomic E-state index is 11.7. The Morgan fingerprint density at radius 3 is 2.65 bits per heavy atom. The van der Waals surface area contributed by atoms with Crippen molar-refractivity contribution >= 4 is 11.9 Å². The number of carbonyl (C=O) groups excluding carboxylic acids is 2. The van der Waals surface area contributed by atoms with Gasteiger partial charge in [0.05, 0.1) is 12.6 Å². The van der Waals surface area contributed by atoms with E-state index >= 15 is 0 Å². The van der Waals surface area contributed by atoms with Crippen LogP contribution < -0.4 is 16.0 Å². The third-order valence-corrected chi connectivity index (χ3v) is 2.75. The highest BCUT2D eigenvalue weighted by atomic mass is 16.3. The minimum atomic E-state index is -0.492. The van der Waals surface area contributed by atoms with E-state index in [-0.39, 0.29) is 12.5 Å². The van der Waals surface area contributed by atoms with Gasteiger partial charge in [-0.15, -0.1) is 0 Å². The van der Waals surface area contributed by atoms with Crippen molar-refractivity contribution in [3.05, 3.63) is 35.4 Å². The highest BCUT2D eigenvalue weighted by molar-refractivity contribution is 5.96. The largest absolute Gasteiger partial charge is 0.392 e. The highest BCUT2D eigenvalue weighted by Crippen LogP contribution is 2.05. The molecule has 0 spiro atoms. The number of aliphatic hydroxyl groups is 1. The van der Waals surface area contributed by atoms with Crippen LogP contribution in [-0.4, -0.2) is 29.6 Å². The van der Waals surface area contributed by atoms with Crippen LogP contribution >= 0.6 is 0 Å². The summed E-state index contributed by atoms with van der Waals surface area (Å²) in [4.78, 5) is 22.9. The third kappa shape index (κ3) is 5.38. The summed E-state index contributed by atoms with van der Waals surface area (Å²) in [6.07, 6.45) is 0. The first-order valence-electron chi connectivity index (χ1n) is 6.57. The number of benzene rings is 1. The van der Waals surface area contributed by atoms with E-state index in [1.54, 1.807) is 13.8 Å². The summed E-state index contributed by atoms with van der Waals surface area (Å²) in [6.45, 7) is 4.40. The molecule has 6 nitrogen and oxygen atoms in total. The molecule has 0 aliphatic carbocycles. The van der Waals surface area contributed by atoms with E-state index in [4.69, 9.17) is 5.11 Å². The minimum absolute atomic E-state index is 0.0128. The molecule has 0 heterocycles. The van der Waals surface area contributed by atoms with Gasteiger partial charge in [-0.05, 0) is 25.0 Å². The second kappa shape index (κ2) is 8.29. The summed E-state index contributed by atoms with van der Waals surface area (Å²) >= 11 is 0. The predicted molar refractivity (Wildman–Crippen MR) is 75.9 cm³/mol. The Labute approximate surface area is 118 Å². The molecule has 20 heavy (non-hydrogen) atoms. The fourth-order valence-corrected chi connectivity index (χ4v) is 1.63. The summed E-state index contributed by atoms with van der Waals surface area (Å²) in [5.74, 6) is -0.380. The SMILES string of the molecule is CCNC(=O)NC(=O)C(C)NCc1cccc(CO)c1. The first-order chi connectivity index (χ1) is 9.56. The highest BCUT2D eigenvalue weighted by Gasteiger charge is 2.14. The Morgan fingerprint density at radius 1 is 1.30 bits per heavy atom. The maximum Gasteiger partial charge on any atom is 0.321 e. The third-order valence-electron chi connectivity index (χ3n) is 2.75. The average Bonchev–Trinajstić information content (AvgIpc) is 2.45. The summed E-state index contributed by atoms with van der Waals surface area (Å²) in [7, 11) is 0. The van der Waals surface area contributed by atoms with Gasteiger partial charge in [-0.25, -0.2) is 4.79 Å². The zero-order chi connectivity index (χ0) is 15.0. The molecule has 0 saturated carbocycles. The van der Waals surface area contributed by atoms with Gasteiger partial charge in [-0.2, -0.15) is 0 Å². The maximum atomic E-state index is 11.7. The summed E-state index contributed by atoms with van der Waals surface area (Å²) in [6, 6.07) is 6.46. The fourth-order valence-electron chi connectivity index (χ4n) is 1.63. The van der Waals surface area contributed by atoms with Gasteiger partial charge in [0.25, 0.3) is 0 Å². The van der Waals surface area contributed by atoms with Crippen LogP contribution in [0, 0.1) is 0 Å². The second-order valence-corrected chi connectivity index (χ2v) is 4.43. The summed E-state index contributed by atoms with van der Waals surface area (Å²) < 4.78 is 0. The normalized spacial score (nSPS) is 11.8. The van der Waals surface area contributed by atoms with Crippen molar-refractivity contribution in [1.29, 1.82) is 0 Å². The number of urea groups is 1. The van der Waals surface area contributed by atoms with Crippen LogP contribution in [0.4, 0.5) is 4.79 Å². The van der Waals surface area contributed by atoms with Gasteiger partial charge in [0.2, 0.25) is 5.91 Å². The molecule has 110 valence electrons. The van der Waals surface area contributed by atoms with Gasteiger partial charge in [0.1, 0.15) is 0 Å². The van der Waals surface area contributed by atoms with E-state index in [2.05, 4.69) is 16.0 Å². The predicted octanol–water partition coefficient (Wildman–Crippen LogP) is 0.503. The van der Waals surface area contributed by atoms with Crippen molar-refractivity contribution in [2.24, 2.45) is 0 Å². The molecule has 0 fully saturated rings. The zero-order valence-electron chi connectivity index (χ0n) is 11.8. The molecule has 4 N–H and O–H groups in total. The summed E-state index contributed by atoms with van der Waals surface area (Å²) in [5.41, 5.74) is 1.79. The van der Waals surface area contributed by atoms with Gasteiger partial charge in [0, 0.05) is 13.1 Å². The quantitative estimate of drug-likeness (QED) is 0.610. The number of aliphatic hydroxyl groups excluding tert-OH is 1. The van der Waals surface area contributed by atoms with Gasteiger partial charge in [-0.3, -0.25) is 10.1 Å². The molecule has 0 aromatic heterocycles. The first kappa shape index (κ1) is 16.1. The van der Waals surface area contributed by atoms with E-state index in [1.807, 2.05) is 24.3 Å². The fraction of sp³-hybridized carbons (Fsp3) is 0.429. The molecule has 1 unspecified atom stereocenters. The van der Waals surface area contributed by atoms with Gasteiger partial charge in [0.15, 0.2) is 0 Å². The minimum Gasteiger partial charge on any atom is -0.392 e. The Bertz CT molecular complexity index is 463. The first-order valence-corrected chi connectivity index (χ1v) is 6.57. The van der Waals surface area contributed by atoms with Crippen LogP contribution in [0.25, 0.3) is 0 Å². The van der Waals surface area contributed by atoms with E-state index in [1.165, 1.54) is 0 Å². The molecule has 0 bridgehead atoms. The Kier molecular flexibility index (Phi) is 6.69. The summed E-state index contributed by atoms with van der Waals surface area (Å²) in [5, 5.41) is 16.8. The van der Waals surface area contributed by atoms with Crippen LogP contribution in [0.15, 0.2) is 24.3 Å². The van der Waals surface area contributed by atoms with Crippen LogP contribution in [0.1, 0.15) is 25.0 Å². The molecule has 1 rings (SSSR count). The van der Waals surface area contributed by atoms with Gasteiger partial charge < -0.3 is 15.7 Å². The molecule has 0 aliphatic rings. The standard InChI is InChI=1S/C14H21N3O3/c1-3-15-14(20)17-13(19)10(2)16-8-11-5-4-6-12(7-11)9-18/h4-7,10,16,18H,3,8-9H2,1-2H3,(H2,15,17,19,20). The lowest BCUT2D eigenvalue weighted by Gasteiger charge is -2.14. The number of imide groups is 1. The van der Waals surface area contributed by atoms with Crippen molar-refractivity contribution in [2.45, 2.75) is 33.0 Å². The second-order valence-electron chi connectivity index (χ2n) is 4.43. The van der Waals surface area contributed by atoms with Crippen LogP contribution in [0.5, 0.6) is 0 Å². The van der Waals surface area contributed by atoms with Crippen LogP contribution in [-0.2, 0) is 17.9 Å². The van der Waals surface area contributed by atoms with Crippen molar-refractivity contribution in [3.8, 4) is 0 Å². The van der Waals surface area contributed by atoms with Crippen LogP contribution in [0.3, 0.4) is 0 Å². The molecule has 0 radical (unpaired) electrons. The van der Waals surface area contributed by atoms with E-state index < -0.39 is 12.1 Å². The van der Waals surface area contributed by atoms with Gasteiger partial charge in [-0.1, -0.05) is 24.3 Å². The number of hydrogen-bond acceptors (Lipinski definition) is 4. The van der Waals surface area contributed by atoms with Crippen molar-refractivity contribution in [2.75, 3.05) is 6.54 Å². The molecule has 6 heteroatoms. The van der Waals surface area contributed by atoms with Crippen LogP contribution in [0.2, 0.25) is 0 Å². The van der Waals surface area contributed by atoms with E-state index in [0.29, 0.717) is 13.1 Å². The molecular weight excluding hydrogens is 258 g/mol. The molecule has 1 aromatic carbocycles. The monoisotopic (exact) mass is 279 g/mol. The molecule has 1 atom stereocenters. The number of nitrogens with one attached hydrogen (secondary N) is 3. The van der Waals surface area contributed by atoms with E-state index in [9.17, 15) is 9.59 Å². The molecule has 3 amide bonds. The van der Waals surface area contributed by atoms with Crippen molar-refractivity contribution in [3.63, 3.8) is 0 Å². The Morgan fingerprint density at radius 2 is 2.00 bits per heavy atom. The number of amides is 3. The lowest BCUT2D eigenvalue weighted by atomic mass is 10.1. The smallest absolute Gasteiger partial charge is 0.321 e. The van der Waals surface area contributed by atoms with Crippen molar-refractivity contribution < 1.29 is 14.7 Å². The topological polar surface area (TPSA) is 90.5 Å². The average molecular weight is 279 g/mol. The Balaban J connectivity index is 2.43.